The van der Waals surface area contributed by atoms with E-state index in [0.29, 0.717) is 43.6 Å². The molecule has 0 fully saturated rings. The second-order valence-corrected chi connectivity index (χ2v) is 33.5. The maximum absolute atomic E-state index is 12.1. The third-order valence-electron chi connectivity index (χ3n) is 15.5. The van der Waals surface area contributed by atoms with E-state index in [1.165, 1.54) is 126 Å². The molecule has 7 aromatic heterocycles. The number of amides is 2. The van der Waals surface area contributed by atoms with Gasteiger partial charge in [0.15, 0.2) is 20.6 Å². The number of aryl methyl sites for hydroxylation is 8. The Labute approximate surface area is 571 Å². The summed E-state index contributed by atoms with van der Waals surface area (Å²) in [6.45, 7) is 14.4. The van der Waals surface area contributed by atoms with Crippen molar-refractivity contribution >= 4 is 140 Å². The molecule has 0 radical (unpaired) electrons. The Balaban J connectivity index is 0.000000142. The topological polar surface area (TPSA) is 178 Å². The van der Waals surface area contributed by atoms with Gasteiger partial charge < -0.3 is 9.80 Å². The molecule has 0 unspecified atom stereocenters. The van der Waals surface area contributed by atoms with Gasteiger partial charge in [-0.05, 0) is 138 Å². The molecule has 4 aliphatic carbocycles. The van der Waals surface area contributed by atoms with E-state index in [4.69, 9.17) is 19.9 Å². The van der Waals surface area contributed by atoms with Gasteiger partial charge >= 0.3 is 0 Å². The molecule has 0 atom stereocenters. The fourth-order valence-electron chi connectivity index (χ4n) is 9.73. The highest BCUT2D eigenvalue weighted by atomic mass is 32.2. The van der Waals surface area contributed by atoms with Crippen LogP contribution in [0.5, 0.6) is 0 Å². The van der Waals surface area contributed by atoms with Crippen LogP contribution in [0.1, 0.15) is 93.0 Å². The lowest BCUT2D eigenvalue weighted by Crippen LogP contribution is -2.27. The monoisotopic (exact) mass is 1390 g/mol. The van der Waals surface area contributed by atoms with Gasteiger partial charge in [-0.15, -0.1) is 69.3 Å². The van der Waals surface area contributed by atoms with Gasteiger partial charge in [0.1, 0.15) is 11.6 Å². The maximum atomic E-state index is 12.1. The van der Waals surface area contributed by atoms with Gasteiger partial charge in [0.05, 0.1) is 58.4 Å². The van der Waals surface area contributed by atoms with E-state index in [1.807, 2.05) is 86.4 Å². The summed E-state index contributed by atoms with van der Waals surface area (Å²) in [5.41, 5.74) is 19.0. The number of thioether (sulfide) groups is 7. The van der Waals surface area contributed by atoms with Crippen LogP contribution in [0.4, 0.5) is 0 Å². The van der Waals surface area contributed by atoms with Crippen molar-refractivity contribution in [1.29, 1.82) is 0 Å². The van der Waals surface area contributed by atoms with Crippen LogP contribution < -0.4 is 0 Å². The molecule has 90 heavy (non-hydrogen) atoms. The number of thiophene rings is 3. The van der Waals surface area contributed by atoms with Crippen LogP contribution in [0.25, 0.3) is 45.0 Å². The lowest BCUT2D eigenvalue weighted by atomic mass is 9.90. The molecule has 1 aromatic carbocycles. The van der Waals surface area contributed by atoms with E-state index in [1.54, 1.807) is 93.2 Å². The number of Topliss-reactive ketones (excluding diaryl/α,β-unsaturated/α-hetero) is 2. The lowest BCUT2D eigenvalue weighted by molar-refractivity contribution is -0.127. The highest BCUT2D eigenvalue weighted by Gasteiger charge is 2.29. The Morgan fingerprint density at radius 2 is 0.767 bits per heavy atom. The first kappa shape index (κ1) is 69.7. The number of carbonyl (C=O) groups excluding carboxylic acids is 4. The SMILES string of the molecule is CC(C)(C)C(=O)CSc1ncc2c(n1)-c1ccccc1CC2.CCN(C)C(=O)CSc1ncc2c(n1)-c1c(csc1SC)CC2.CSc1scc2c1-c1nc(SCC(=O)C(C)(C)C)ncc1CC2.CSc1scc2c1-c1nc(SCC(=O)N(C)C)ncc1CC2. The minimum atomic E-state index is -0.312. The average molecular weight is 1390 g/mol. The van der Waals surface area contributed by atoms with E-state index in [2.05, 4.69) is 73.0 Å². The third kappa shape index (κ3) is 17.2. The summed E-state index contributed by atoms with van der Waals surface area (Å²) < 4.78 is 3.95. The van der Waals surface area contributed by atoms with Crippen LogP contribution >= 0.6 is 116 Å². The highest BCUT2D eigenvalue weighted by Crippen LogP contribution is 2.46. The highest BCUT2D eigenvalue weighted by molar-refractivity contribution is 8.01. The number of hydrogen-bond acceptors (Lipinski definition) is 22. The normalized spacial score (nSPS) is 13.1. The summed E-state index contributed by atoms with van der Waals surface area (Å²) in [6, 6.07) is 8.40. The van der Waals surface area contributed by atoms with E-state index >= 15 is 0 Å². The lowest BCUT2D eigenvalue weighted by Gasteiger charge is -2.19. The molecule has 0 bridgehead atoms. The van der Waals surface area contributed by atoms with E-state index in [9.17, 15) is 19.2 Å². The molecule has 24 heteroatoms. The standard InChI is InChI=1S/C18H20N2OS.C17H20N2OS3.C16H19N3OS3.C15H17N3OS3/c1-18(2,3)15(21)11-22-17-19-10-13-9-8-12-6-4-5-7-14(12)16(13)20-17;1-17(2,3)12(20)9-23-16-18-7-10-5-6-11-8-22-15(21-4)13(11)14(10)19-16;1-4-19(2)12(20)9-23-16-17-7-10-5-6-11-8-22-15(21-3)13(11)14(10)18-16;1-18(2)11(19)8-22-15-16-6-9-4-5-10-7-21-14(20-3)12(10)13(9)17-15/h4-7,10H,8-9,11H2,1-3H3;7-8H,5-6,9H2,1-4H3;7-8H,4-6,9H2,1-3H3;6-7H,4-5,8H2,1-3H3. The molecule has 0 N–H and O–H groups in total. The Kier molecular flexibility index (Phi) is 24.4. The van der Waals surface area contributed by atoms with Gasteiger partial charge in [-0.2, -0.15) is 0 Å². The summed E-state index contributed by atoms with van der Waals surface area (Å²) in [5, 5.41) is 9.50. The first-order valence-corrected chi connectivity index (χ1v) is 39.8. The zero-order valence-electron chi connectivity index (χ0n) is 53.2. The van der Waals surface area contributed by atoms with Crippen LogP contribution in [0.15, 0.2) is 98.4 Å². The maximum Gasteiger partial charge on any atom is 0.232 e. The van der Waals surface area contributed by atoms with Gasteiger partial charge in [-0.3, -0.25) is 19.2 Å². The van der Waals surface area contributed by atoms with Crippen molar-refractivity contribution in [3.63, 3.8) is 0 Å². The molecular weight excluding hydrogens is 1320 g/mol. The summed E-state index contributed by atoms with van der Waals surface area (Å²) >= 11 is 16.4. The average Bonchev–Trinajstić information content (AvgIpc) is 1.58. The summed E-state index contributed by atoms with van der Waals surface area (Å²) in [5.74, 6) is 2.24. The second kappa shape index (κ2) is 31.5. The molecular formula is C66H76N10O4S10. The van der Waals surface area contributed by atoms with Crippen molar-refractivity contribution < 1.29 is 19.2 Å². The van der Waals surface area contributed by atoms with Gasteiger partial charge in [-0.25, -0.2) is 39.9 Å². The summed E-state index contributed by atoms with van der Waals surface area (Å²) in [6.07, 6.45) is 22.3. The Bertz CT molecular complexity index is 3860. The Hall–Kier alpha value is -4.63. The predicted octanol–water partition coefficient (Wildman–Crippen LogP) is 15.5. The molecule has 0 saturated heterocycles. The molecule has 0 spiro atoms. The van der Waals surface area contributed by atoms with Crippen LogP contribution in [0.2, 0.25) is 0 Å². The van der Waals surface area contributed by atoms with Crippen LogP contribution in [0.3, 0.4) is 0 Å². The Morgan fingerprint density at radius 3 is 1.12 bits per heavy atom. The summed E-state index contributed by atoms with van der Waals surface area (Å²) in [4.78, 5) is 87.8. The molecule has 0 aliphatic heterocycles. The molecule has 474 valence electrons. The summed E-state index contributed by atoms with van der Waals surface area (Å²) in [7, 11) is 5.34. The minimum Gasteiger partial charge on any atom is -0.348 e. The van der Waals surface area contributed by atoms with E-state index in [-0.39, 0.29) is 34.2 Å². The van der Waals surface area contributed by atoms with Crippen molar-refractivity contribution in [1.82, 2.24) is 49.7 Å². The van der Waals surface area contributed by atoms with E-state index < -0.39 is 0 Å². The number of nitrogens with zero attached hydrogens (tertiary/aromatic N) is 10. The zero-order valence-corrected chi connectivity index (χ0v) is 61.4. The van der Waals surface area contributed by atoms with Crippen molar-refractivity contribution in [3.05, 3.63) is 110 Å². The van der Waals surface area contributed by atoms with Gasteiger partial charge in [0.2, 0.25) is 11.8 Å². The van der Waals surface area contributed by atoms with Crippen molar-refractivity contribution in [3.8, 4) is 45.0 Å². The van der Waals surface area contributed by atoms with Crippen LogP contribution in [-0.4, -0.2) is 143 Å². The fourth-order valence-corrected chi connectivity index (χ4v) is 18.6. The predicted molar refractivity (Wildman–Crippen MR) is 382 cm³/mol. The molecule has 14 nitrogen and oxygen atoms in total. The number of hydrogen-bond donors (Lipinski definition) is 0. The van der Waals surface area contributed by atoms with Gasteiger partial charge in [0.25, 0.3) is 0 Å². The number of aromatic nitrogens is 8. The quantitative estimate of drug-likeness (QED) is 0.0658. The second-order valence-electron chi connectivity index (χ2n) is 23.8. The minimum absolute atomic E-state index is 0.0762. The number of fused-ring (bicyclic) bond motifs is 12. The van der Waals surface area contributed by atoms with Gasteiger partial charge in [0, 0.05) is 85.6 Å². The number of benzene rings is 1. The van der Waals surface area contributed by atoms with Crippen LogP contribution in [-0.2, 0) is 70.5 Å². The van der Waals surface area contributed by atoms with Crippen molar-refractivity contribution in [2.24, 2.45) is 10.8 Å². The third-order valence-corrected chi connectivity index (χ3v) is 25.4. The van der Waals surface area contributed by atoms with E-state index in [0.717, 1.165) is 80.7 Å². The fraction of sp³-hybridized carbons (Fsp3) is 0.424. The first-order valence-electron chi connectivity index (χ1n) is 29.6. The number of rotatable bonds is 16. The largest absolute Gasteiger partial charge is 0.348 e. The number of carbonyl (C=O) groups is 4. The molecule has 8 aromatic rings. The molecule has 12 rings (SSSR count). The molecule has 0 saturated carbocycles. The van der Waals surface area contributed by atoms with Gasteiger partial charge in [-0.1, -0.05) is 113 Å². The van der Waals surface area contributed by atoms with Crippen molar-refractivity contribution in [2.75, 3.05) is 69.5 Å². The molecule has 7 heterocycles. The van der Waals surface area contributed by atoms with Crippen molar-refractivity contribution in [2.45, 2.75) is 133 Å². The zero-order chi connectivity index (χ0) is 64.4. The number of ketones is 2. The molecule has 4 aliphatic rings. The Morgan fingerprint density at radius 1 is 0.444 bits per heavy atom. The molecule has 2 amide bonds. The smallest absolute Gasteiger partial charge is 0.232 e. The van der Waals surface area contributed by atoms with Crippen LogP contribution in [0, 0.1) is 10.8 Å². The first-order chi connectivity index (χ1) is 43.1.